The summed E-state index contributed by atoms with van der Waals surface area (Å²) in [6, 6.07) is 4.71. The van der Waals surface area contributed by atoms with E-state index in [2.05, 4.69) is 5.32 Å². The minimum absolute atomic E-state index is 0.104. The summed E-state index contributed by atoms with van der Waals surface area (Å²) in [5, 5.41) is 3.67. The molecular weight excluding hydrogens is 333 g/mol. The Balaban J connectivity index is 2.33. The number of nitrogen functional groups attached to an aromatic ring is 1. The zero-order valence-electron chi connectivity index (χ0n) is 11.5. The summed E-state index contributed by atoms with van der Waals surface area (Å²) >= 11 is 17.8. The van der Waals surface area contributed by atoms with Gasteiger partial charge in [-0.25, -0.2) is 0 Å². The van der Waals surface area contributed by atoms with Gasteiger partial charge in [0.1, 0.15) is 5.69 Å². The van der Waals surface area contributed by atoms with Crippen LogP contribution >= 0.6 is 34.8 Å². The Morgan fingerprint density at radius 2 is 1.76 bits per heavy atom. The van der Waals surface area contributed by atoms with Crippen molar-refractivity contribution >= 4 is 52.1 Å². The number of nitrogens with two attached hydrogens (primary N) is 1. The fraction of sp³-hybridized carbons (Fsp3) is 0.214. The molecule has 7 heteroatoms. The van der Waals surface area contributed by atoms with Crippen LogP contribution in [0.3, 0.4) is 0 Å². The van der Waals surface area contributed by atoms with E-state index in [0.717, 1.165) is 0 Å². The first-order valence-corrected chi connectivity index (χ1v) is 7.36. The number of carbonyl (C=O) groups is 1. The first-order valence-electron chi connectivity index (χ1n) is 6.23. The molecule has 2 aromatic rings. The molecule has 0 aliphatic rings. The molecule has 0 bridgehead atoms. The third kappa shape index (κ3) is 3.46. The van der Waals surface area contributed by atoms with Crippen LogP contribution in [0.2, 0.25) is 15.1 Å². The minimum Gasteiger partial charge on any atom is -0.397 e. The van der Waals surface area contributed by atoms with Crippen molar-refractivity contribution < 1.29 is 4.79 Å². The van der Waals surface area contributed by atoms with Gasteiger partial charge < -0.3 is 15.6 Å². The summed E-state index contributed by atoms with van der Waals surface area (Å²) in [4.78, 5) is 12.4. The number of aromatic nitrogens is 1. The van der Waals surface area contributed by atoms with Crippen LogP contribution in [0.1, 0.15) is 30.4 Å². The van der Waals surface area contributed by atoms with Gasteiger partial charge in [0.15, 0.2) is 0 Å². The van der Waals surface area contributed by atoms with Crippen molar-refractivity contribution in [2.24, 2.45) is 0 Å². The van der Waals surface area contributed by atoms with Gasteiger partial charge in [0.25, 0.3) is 5.91 Å². The number of benzene rings is 1. The number of amides is 1. The second-order valence-electron chi connectivity index (χ2n) is 4.86. The first kappa shape index (κ1) is 16.0. The molecule has 2 rings (SSSR count). The normalized spacial score (nSPS) is 11.0. The highest BCUT2D eigenvalue weighted by Crippen LogP contribution is 2.32. The molecule has 1 aromatic carbocycles. The number of rotatable bonds is 3. The highest BCUT2D eigenvalue weighted by Gasteiger charge is 2.16. The first-order chi connectivity index (χ1) is 9.79. The van der Waals surface area contributed by atoms with Gasteiger partial charge in [0.2, 0.25) is 0 Å². The van der Waals surface area contributed by atoms with E-state index in [-0.39, 0.29) is 11.9 Å². The van der Waals surface area contributed by atoms with Gasteiger partial charge >= 0.3 is 0 Å². The van der Waals surface area contributed by atoms with Gasteiger partial charge in [-0.1, -0.05) is 34.8 Å². The third-order valence-electron chi connectivity index (χ3n) is 2.92. The number of halogens is 3. The summed E-state index contributed by atoms with van der Waals surface area (Å²) in [7, 11) is 0. The maximum atomic E-state index is 12.4. The van der Waals surface area contributed by atoms with Gasteiger partial charge in [-0.2, -0.15) is 0 Å². The lowest BCUT2D eigenvalue weighted by molar-refractivity contribution is 0.101. The number of carbonyl (C=O) groups excluding carboxylic acids is 1. The van der Waals surface area contributed by atoms with E-state index in [0.29, 0.717) is 32.1 Å². The van der Waals surface area contributed by atoms with Crippen molar-refractivity contribution in [2.75, 3.05) is 11.1 Å². The second kappa shape index (κ2) is 6.18. The molecule has 1 amide bonds. The Morgan fingerprint density at radius 3 is 2.38 bits per heavy atom. The summed E-state index contributed by atoms with van der Waals surface area (Å²) < 4.78 is 1.79. The fourth-order valence-electron chi connectivity index (χ4n) is 1.91. The number of hydrogen-bond donors (Lipinski definition) is 2. The molecule has 0 unspecified atom stereocenters. The highest BCUT2D eigenvalue weighted by molar-refractivity contribution is 6.44. The molecule has 0 fully saturated rings. The SMILES string of the molecule is CC(C)n1cc(N)cc1C(=O)Nc1cc(Cl)c(Cl)cc1Cl. The van der Waals surface area contributed by atoms with E-state index in [9.17, 15) is 4.79 Å². The average molecular weight is 347 g/mol. The molecule has 21 heavy (non-hydrogen) atoms. The smallest absolute Gasteiger partial charge is 0.272 e. The molecule has 0 atom stereocenters. The van der Waals surface area contributed by atoms with E-state index in [4.69, 9.17) is 40.5 Å². The number of nitrogens with one attached hydrogen (secondary N) is 1. The number of anilines is 2. The Bertz CT molecular complexity index is 695. The van der Waals surface area contributed by atoms with Crippen molar-refractivity contribution in [2.45, 2.75) is 19.9 Å². The van der Waals surface area contributed by atoms with Crippen LogP contribution in [0.15, 0.2) is 24.4 Å². The standard InChI is InChI=1S/C14H14Cl3N3O/c1-7(2)20-6-8(18)3-13(20)14(21)19-12-5-10(16)9(15)4-11(12)17/h3-7H,18H2,1-2H3,(H,19,21). The van der Waals surface area contributed by atoms with Crippen LogP contribution in [-0.4, -0.2) is 10.5 Å². The monoisotopic (exact) mass is 345 g/mol. The van der Waals surface area contributed by atoms with Gasteiger partial charge in [-0.15, -0.1) is 0 Å². The lowest BCUT2D eigenvalue weighted by Crippen LogP contribution is -2.18. The van der Waals surface area contributed by atoms with Crippen molar-refractivity contribution in [1.82, 2.24) is 4.57 Å². The van der Waals surface area contributed by atoms with Crippen molar-refractivity contribution in [3.05, 3.63) is 45.2 Å². The van der Waals surface area contributed by atoms with Gasteiger partial charge in [-0.3, -0.25) is 4.79 Å². The van der Waals surface area contributed by atoms with E-state index in [1.54, 1.807) is 16.8 Å². The minimum atomic E-state index is -0.319. The topological polar surface area (TPSA) is 60.0 Å². The molecule has 0 saturated heterocycles. The molecule has 112 valence electrons. The summed E-state index contributed by atoms with van der Waals surface area (Å²) in [5.41, 5.74) is 7.12. The Hall–Kier alpha value is -1.36. The van der Waals surface area contributed by atoms with Gasteiger partial charge in [0, 0.05) is 12.2 Å². The number of hydrogen-bond acceptors (Lipinski definition) is 2. The molecule has 0 aliphatic heterocycles. The molecule has 0 radical (unpaired) electrons. The van der Waals surface area contributed by atoms with Gasteiger partial charge in [-0.05, 0) is 32.0 Å². The lowest BCUT2D eigenvalue weighted by atomic mass is 10.3. The summed E-state index contributed by atoms with van der Waals surface area (Å²) in [5.74, 6) is -0.319. The number of nitrogens with zero attached hydrogens (tertiary/aromatic N) is 1. The van der Waals surface area contributed by atoms with Crippen LogP contribution in [0.25, 0.3) is 0 Å². The fourth-order valence-corrected chi connectivity index (χ4v) is 2.51. The Morgan fingerprint density at radius 1 is 1.14 bits per heavy atom. The van der Waals surface area contributed by atoms with Crippen LogP contribution in [0.4, 0.5) is 11.4 Å². The molecule has 0 spiro atoms. The second-order valence-corrected chi connectivity index (χ2v) is 6.08. The van der Waals surface area contributed by atoms with Crippen LogP contribution in [0.5, 0.6) is 0 Å². The van der Waals surface area contributed by atoms with E-state index in [1.165, 1.54) is 12.1 Å². The summed E-state index contributed by atoms with van der Waals surface area (Å²) in [6.07, 6.45) is 1.72. The van der Waals surface area contributed by atoms with Crippen molar-refractivity contribution in [1.29, 1.82) is 0 Å². The van der Waals surface area contributed by atoms with E-state index in [1.807, 2.05) is 13.8 Å². The third-order valence-corrected chi connectivity index (χ3v) is 3.95. The molecule has 4 nitrogen and oxygen atoms in total. The van der Waals surface area contributed by atoms with Crippen LogP contribution < -0.4 is 11.1 Å². The van der Waals surface area contributed by atoms with E-state index >= 15 is 0 Å². The molecule has 0 aliphatic carbocycles. The summed E-state index contributed by atoms with van der Waals surface area (Å²) in [6.45, 7) is 3.92. The van der Waals surface area contributed by atoms with Crippen LogP contribution in [0, 0.1) is 0 Å². The molecule has 0 saturated carbocycles. The lowest BCUT2D eigenvalue weighted by Gasteiger charge is -2.13. The Labute approximate surface area is 137 Å². The van der Waals surface area contributed by atoms with Crippen molar-refractivity contribution in [3.63, 3.8) is 0 Å². The largest absolute Gasteiger partial charge is 0.397 e. The quantitative estimate of drug-likeness (QED) is 0.779. The Kier molecular flexibility index (Phi) is 4.71. The maximum Gasteiger partial charge on any atom is 0.272 e. The average Bonchev–Trinajstić information content (AvgIpc) is 2.78. The predicted molar refractivity (Wildman–Crippen MR) is 88.7 cm³/mol. The van der Waals surface area contributed by atoms with Crippen LogP contribution in [-0.2, 0) is 0 Å². The molecule has 3 N–H and O–H groups in total. The van der Waals surface area contributed by atoms with E-state index < -0.39 is 0 Å². The molecule has 1 aromatic heterocycles. The molecule has 1 heterocycles. The van der Waals surface area contributed by atoms with Gasteiger partial charge in [0.05, 0.1) is 26.4 Å². The zero-order valence-corrected chi connectivity index (χ0v) is 13.7. The zero-order chi connectivity index (χ0) is 15.7. The highest BCUT2D eigenvalue weighted by atomic mass is 35.5. The maximum absolute atomic E-state index is 12.4. The molecular formula is C14H14Cl3N3O. The van der Waals surface area contributed by atoms with Crippen molar-refractivity contribution in [3.8, 4) is 0 Å². The predicted octanol–water partition coefficient (Wildman–Crippen LogP) is 4.86.